The van der Waals surface area contributed by atoms with E-state index in [4.69, 9.17) is 8.94 Å². The molecular formula is C28H31N3O4. The molecule has 2 N–H and O–H groups in total. The zero-order valence-corrected chi connectivity index (χ0v) is 20.6. The minimum Gasteiger partial charge on any atom is -0.440 e. The van der Waals surface area contributed by atoms with Gasteiger partial charge < -0.3 is 19.2 Å². The van der Waals surface area contributed by atoms with Crippen molar-refractivity contribution < 1.29 is 8.94 Å². The predicted molar refractivity (Wildman–Crippen MR) is 139 cm³/mol. The van der Waals surface area contributed by atoms with Crippen LogP contribution in [0.2, 0.25) is 0 Å². The highest BCUT2D eigenvalue weighted by Crippen LogP contribution is 2.35. The number of rotatable bonds is 5. The lowest BCUT2D eigenvalue weighted by Gasteiger charge is -2.37. The van der Waals surface area contributed by atoms with Gasteiger partial charge in [0.15, 0.2) is 17.1 Å². The molecule has 1 aliphatic heterocycles. The summed E-state index contributed by atoms with van der Waals surface area (Å²) in [6, 6.07) is 14.5. The van der Waals surface area contributed by atoms with Gasteiger partial charge in [0, 0.05) is 36.0 Å². The maximum Gasteiger partial charge on any atom is 0.280 e. The highest BCUT2D eigenvalue weighted by molar-refractivity contribution is 5.83. The van der Waals surface area contributed by atoms with Gasteiger partial charge in [0.25, 0.3) is 5.56 Å². The van der Waals surface area contributed by atoms with Gasteiger partial charge in [0.05, 0.1) is 17.5 Å². The third kappa shape index (κ3) is 4.63. The number of para-hydroxylation sites is 1. The summed E-state index contributed by atoms with van der Waals surface area (Å²) in [6.07, 6.45) is 2.11. The second-order valence-corrected chi connectivity index (χ2v) is 10.3. The topological polar surface area (TPSA) is 91.5 Å². The molecule has 0 amide bonds. The number of H-pyrrole nitrogens is 1. The zero-order chi connectivity index (χ0) is 24.7. The fourth-order valence-electron chi connectivity index (χ4n) is 4.78. The lowest BCUT2D eigenvalue weighted by Crippen LogP contribution is -2.37. The fourth-order valence-corrected chi connectivity index (χ4v) is 4.78. The molecule has 3 heterocycles. The number of nitrogens with one attached hydrogen (secondary N) is 2. The average molecular weight is 474 g/mol. The number of hydrogen-bond acceptors (Lipinski definition) is 6. The van der Waals surface area contributed by atoms with E-state index >= 15 is 0 Å². The molecule has 4 aromatic rings. The second kappa shape index (κ2) is 8.80. The number of aromatic amines is 1. The molecule has 0 bridgehead atoms. The van der Waals surface area contributed by atoms with E-state index < -0.39 is 0 Å². The van der Waals surface area contributed by atoms with Gasteiger partial charge in [0.2, 0.25) is 0 Å². The van der Waals surface area contributed by atoms with Gasteiger partial charge in [-0.15, -0.1) is 0 Å². The molecule has 2 aromatic carbocycles. The molecule has 5 rings (SSSR count). The van der Waals surface area contributed by atoms with Crippen LogP contribution in [0.25, 0.3) is 22.3 Å². The molecule has 7 nitrogen and oxygen atoms in total. The second-order valence-electron chi connectivity index (χ2n) is 10.3. The van der Waals surface area contributed by atoms with Crippen LogP contribution in [-0.2, 0) is 0 Å². The Hall–Kier alpha value is -3.74. The third-order valence-corrected chi connectivity index (χ3v) is 6.97. The van der Waals surface area contributed by atoms with Gasteiger partial charge in [0.1, 0.15) is 5.58 Å². The number of aromatic nitrogens is 1. The predicted octanol–water partition coefficient (Wildman–Crippen LogP) is 5.85. The van der Waals surface area contributed by atoms with Crippen LogP contribution >= 0.6 is 0 Å². The average Bonchev–Trinajstić information content (AvgIpc) is 3.25. The summed E-state index contributed by atoms with van der Waals surface area (Å²) >= 11 is 0. The number of piperidine rings is 1. The van der Waals surface area contributed by atoms with Crippen molar-refractivity contribution in [2.75, 3.05) is 23.3 Å². The summed E-state index contributed by atoms with van der Waals surface area (Å²) < 4.78 is 11.8. The molecule has 1 saturated heterocycles. The molecular weight excluding hydrogens is 442 g/mol. The van der Waals surface area contributed by atoms with Crippen molar-refractivity contribution in [1.82, 2.24) is 5.16 Å². The van der Waals surface area contributed by atoms with E-state index in [1.165, 1.54) is 6.07 Å². The standard InChI is InChI=1S/C28H31N3O4/c1-17-13-20(18(2)29-22-8-6-5-7-19(22)24-16-25(33)30-35-24)27-21(14-17)23(32)15-26(34-27)31-11-9-28(3,4)10-12-31/h5-8,13-16,18,29H,9-12H2,1-4H3,(H,30,33)/t18-/m1/s1. The molecule has 0 unspecified atom stereocenters. The van der Waals surface area contributed by atoms with E-state index in [1.807, 2.05) is 44.2 Å². The third-order valence-electron chi connectivity index (χ3n) is 6.97. The Morgan fingerprint density at radius 1 is 1.06 bits per heavy atom. The Morgan fingerprint density at radius 2 is 1.80 bits per heavy atom. The van der Waals surface area contributed by atoms with Crippen LogP contribution in [0.4, 0.5) is 11.6 Å². The van der Waals surface area contributed by atoms with Crippen molar-refractivity contribution in [2.45, 2.75) is 46.6 Å². The van der Waals surface area contributed by atoms with E-state index in [-0.39, 0.29) is 17.0 Å². The summed E-state index contributed by atoms with van der Waals surface area (Å²) in [4.78, 5) is 26.9. The number of aryl methyl sites for hydroxylation is 1. The summed E-state index contributed by atoms with van der Waals surface area (Å²) in [6.45, 7) is 10.3. The minimum absolute atomic E-state index is 0.0299. The Bertz CT molecular complexity index is 1480. The molecule has 7 heteroatoms. The largest absolute Gasteiger partial charge is 0.440 e. The van der Waals surface area contributed by atoms with Crippen molar-refractivity contribution in [1.29, 1.82) is 0 Å². The van der Waals surface area contributed by atoms with E-state index in [0.717, 1.165) is 48.3 Å². The molecule has 1 atom stereocenters. The number of nitrogens with zero attached hydrogens (tertiary/aromatic N) is 1. The Morgan fingerprint density at radius 3 is 2.51 bits per heavy atom. The van der Waals surface area contributed by atoms with Crippen LogP contribution in [-0.4, -0.2) is 18.2 Å². The van der Waals surface area contributed by atoms with Crippen molar-refractivity contribution in [2.24, 2.45) is 5.41 Å². The first-order valence-corrected chi connectivity index (χ1v) is 12.1. The quantitative estimate of drug-likeness (QED) is 0.378. The highest BCUT2D eigenvalue weighted by atomic mass is 16.5. The lowest BCUT2D eigenvalue weighted by atomic mass is 9.83. The maximum absolute atomic E-state index is 13.1. The Labute approximate surface area is 203 Å². The van der Waals surface area contributed by atoms with Gasteiger partial charge in [-0.25, -0.2) is 0 Å². The molecule has 1 aliphatic rings. The SMILES string of the molecule is Cc1cc([C@@H](C)Nc2ccccc2-c2cc(=O)[nH]o2)c2oc(N3CCC(C)(C)CC3)cc(=O)c2c1. The molecule has 0 aliphatic carbocycles. The zero-order valence-electron chi connectivity index (χ0n) is 20.6. The summed E-state index contributed by atoms with van der Waals surface area (Å²) in [5.41, 5.74) is 4.07. The first-order valence-electron chi connectivity index (χ1n) is 12.1. The van der Waals surface area contributed by atoms with Gasteiger partial charge >= 0.3 is 0 Å². The smallest absolute Gasteiger partial charge is 0.280 e. The number of hydrogen-bond donors (Lipinski definition) is 2. The van der Waals surface area contributed by atoms with Crippen molar-refractivity contribution in [3.05, 3.63) is 80.2 Å². The Balaban J connectivity index is 1.53. The molecule has 1 fully saturated rings. The number of benzene rings is 2. The normalized spacial score (nSPS) is 16.4. The fraction of sp³-hybridized carbons (Fsp3) is 0.357. The van der Waals surface area contributed by atoms with Crippen LogP contribution in [0.1, 0.15) is 50.8 Å². The van der Waals surface area contributed by atoms with Crippen LogP contribution in [0.15, 0.2) is 67.1 Å². The van der Waals surface area contributed by atoms with Gasteiger partial charge in [-0.3, -0.25) is 9.59 Å². The molecule has 0 radical (unpaired) electrons. The number of anilines is 2. The van der Waals surface area contributed by atoms with Gasteiger partial charge in [-0.05, 0) is 55.9 Å². The first kappa shape index (κ1) is 23.0. The van der Waals surface area contributed by atoms with E-state index in [1.54, 1.807) is 6.07 Å². The Kier molecular flexibility index (Phi) is 5.79. The van der Waals surface area contributed by atoms with Crippen LogP contribution in [0.3, 0.4) is 0 Å². The van der Waals surface area contributed by atoms with Crippen LogP contribution < -0.4 is 21.2 Å². The molecule has 35 heavy (non-hydrogen) atoms. The number of fused-ring (bicyclic) bond motifs is 1. The van der Waals surface area contributed by atoms with Crippen molar-refractivity contribution in [3.8, 4) is 11.3 Å². The van der Waals surface area contributed by atoms with Gasteiger partial charge in [-0.1, -0.05) is 32.0 Å². The van der Waals surface area contributed by atoms with E-state index in [0.29, 0.717) is 28.0 Å². The summed E-state index contributed by atoms with van der Waals surface area (Å²) in [5.74, 6) is 1.09. The van der Waals surface area contributed by atoms with E-state index in [2.05, 4.69) is 35.3 Å². The van der Waals surface area contributed by atoms with Crippen molar-refractivity contribution >= 4 is 22.5 Å². The molecule has 182 valence electrons. The molecule has 2 aromatic heterocycles. The van der Waals surface area contributed by atoms with E-state index in [9.17, 15) is 9.59 Å². The molecule has 0 spiro atoms. The molecule has 0 saturated carbocycles. The van der Waals surface area contributed by atoms with Crippen LogP contribution in [0.5, 0.6) is 0 Å². The monoisotopic (exact) mass is 473 g/mol. The maximum atomic E-state index is 13.1. The summed E-state index contributed by atoms with van der Waals surface area (Å²) in [5, 5.41) is 6.46. The van der Waals surface area contributed by atoms with Crippen LogP contribution in [0, 0.1) is 12.3 Å². The first-order chi connectivity index (χ1) is 16.7. The van der Waals surface area contributed by atoms with Gasteiger partial charge in [-0.2, -0.15) is 5.16 Å². The highest BCUT2D eigenvalue weighted by Gasteiger charge is 2.27. The minimum atomic E-state index is -0.289. The summed E-state index contributed by atoms with van der Waals surface area (Å²) in [7, 11) is 0. The van der Waals surface area contributed by atoms with Crippen molar-refractivity contribution in [3.63, 3.8) is 0 Å². The lowest BCUT2D eigenvalue weighted by molar-refractivity contribution is 0.274.